The van der Waals surface area contributed by atoms with Crippen molar-refractivity contribution in [3.63, 3.8) is 0 Å². The van der Waals surface area contributed by atoms with E-state index in [0.29, 0.717) is 12.1 Å². The molecule has 1 rings (SSSR count). The number of carbonyl (C=O) groups is 1. The van der Waals surface area contributed by atoms with Gasteiger partial charge in [0.15, 0.2) is 0 Å². The Kier molecular flexibility index (Phi) is 5.10. The number of hydrogen-bond acceptors (Lipinski definition) is 2. The van der Waals surface area contributed by atoms with Crippen LogP contribution in [0.5, 0.6) is 0 Å². The average Bonchev–Trinajstić information content (AvgIpc) is 2.29. The number of carbonyl (C=O) groups excluding carboxylic acids is 1. The van der Waals surface area contributed by atoms with Gasteiger partial charge < -0.3 is 10.6 Å². The lowest BCUT2D eigenvalue weighted by Crippen LogP contribution is -2.33. The van der Waals surface area contributed by atoms with Crippen LogP contribution in [0.2, 0.25) is 0 Å². The largest absolute Gasteiger partial charge is 0.327 e. The number of nitrogens with two attached hydrogens (primary N) is 1. The van der Waals surface area contributed by atoms with E-state index in [2.05, 4.69) is 0 Å². The molecule has 0 radical (unpaired) electrons. The van der Waals surface area contributed by atoms with Gasteiger partial charge in [-0.25, -0.2) is 4.39 Å². The molecule has 0 spiro atoms. The van der Waals surface area contributed by atoms with Crippen LogP contribution in [0.25, 0.3) is 0 Å². The van der Waals surface area contributed by atoms with Crippen molar-refractivity contribution < 1.29 is 9.18 Å². The predicted octanol–water partition coefficient (Wildman–Crippen LogP) is 2.31. The van der Waals surface area contributed by atoms with E-state index in [-0.39, 0.29) is 17.8 Å². The van der Waals surface area contributed by atoms with Gasteiger partial charge in [0.1, 0.15) is 5.82 Å². The number of benzene rings is 1. The highest BCUT2D eigenvalue weighted by atomic mass is 19.1. The van der Waals surface area contributed by atoms with Gasteiger partial charge >= 0.3 is 0 Å². The van der Waals surface area contributed by atoms with Crippen molar-refractivity contribution in [2.24, 2.45) is 5.73 Å². The maximum absolute atomic E-state index is 12.7. The molecule has 0 heterocycles. The fraction of sp³-hybridized carbons (Fsp3) is 0.462. The van der Waals surface area contributed by atoms with E-state index < -0.39 is 0 Å². The van der Waals surface area contributed by atoms with Gasteiger partial charge in [-0.1, -0.05) is 13.3 Å². The van der Waals surface area contributed by atoms with Crippen LogP contribution in [0.1, 0.15) is 26.2 Å². The van der Waals surface area contributed by atoms with Crippen molar-refractivity contribution in [1.29, 1.82) is 0 Å². The summed E-state index contributed by atoms with van der Waals surface area (Å²) in [5.74, 6) is -0.352. The standard InChI is InChI=1S/C13H19FN2O/c1-3-4-11(15)9-13(17)16(2)12-7-5-10(14)6-8-12/h5-8,11H,3-4,9,15H2,1-2H3. The van der Waals surface area contributed by atoms with Gasteiger partial charge in [-0.05, 0) is 30.7 Å². The van der Waals surface area contributed by atoms with Crippen LogP contribution in [0.15, 0.2) is 24.3 Å². The predicted molar refractivity (Wildman–Crippen MR) is 67.3 cm³/mol. The average molecular weight is 238 g/mol. The van der Waals surface area contributed by atoms with Gasteiger partial charge in [0.05, 0.1) is 0 Å². The van der Waals surface area contributed by atoms with E-state index in [1.54, 1.807) is 19.2 Å². The zero-order valence-electron chi connectivity index (χ0n) is 10.3. The molecule has 1 amide bonds. The first-order valence-electron chi connectivity index (χ1n) is 5.82. The summed E-state index contributed by atoms with van der Waals surface area (Å²) in [5.41, 5.74) is 6.50. The SMILES string of the molecule is CCCC(N)CC(=O)N(C)c1ccc(F)cc1. The third-order valence-corrected chi connectivity index (χ3v) is 2.68. The summed E-state index contributed by atoms with van der Waals surface area (Å²) >= 11 is 0. The topological polar surface area (TPSA) is 46.3 Å². The van der Waals surface area contributed by atoms with E-state index >= 15 is 0 Å². The summed E-state index contributed by atoms with van der Waals surface area (Å²) in [6.45, 7) is 2.04. The van der Waals surface area contributed by atoms with Crippen LogP contribution in [0.4, 0.5) is 10.1 Å². The van der Waals surface area contributed by atoms with Gasteiger partial charge in [-0.2, -0.15) is 0 Å². The number of halogens is 1. The second-order valence-electron chi connectivity index (χ2n) is 4.18. The fourth-order valence-corrected chi connectivity index (χ4v) is 1.64. The molecule has 1 aromatic rings. The second kappa shape index (κ2) is 6.35. The molecule has 0 aliphatic carbocycles. The smallest absolute Gasteiger partial charge is 0.228 e. The third-order valence-electron chi connectivity index (χ3n) is 2.68. The van der Waals surface area contributed by atoms with Crippen LogP contribution in [-0.2, 0) is 4.79 Å². The van der Waals surface area contributed by atoms with Gasteiger partial charge in [-0.15, -0.1) is 0 Å². The monoisotopic (exact) mass is 238 g/mol. The van der Waals surface area contributed by atoms with E-state index in [1.165, 1.54) is 17.0 Å². The number of anilines is 1. The van der Waals surface area contributed by atoms with E-state index in [1.807, 2.05) is 6.92 Å². The van der Waals surface area contributed by atoms with Crippen LogP contribution >= 0.6 is 0 Å². The Morgan fingerprint density at radius 2 is 2.00 bits per heavy atom. The highest BCUT2D eigenvalue weighted by molar-refractivity contribution is 5.93. The summed E-state index contributed by atoms with van der Waals surface area (Å²) in [4.78, 5) is 13.4. The second-order valence-corrected chi connectivity index (χ2v) is 4.18. The highest BCUT2D eigenvalue weighted by Gasteiger charge is 2.14. The molecule has 3 nitrogen and oxygen atoms in total. The molecular formula is C13H19FN2O. The van der Waals surface area contributed by atoms with Crippen molar-refractivity contribution in [1.82, 2.24) is 0 Å². The van der Waals surface area contributed by atoms with Crippen molar-refractivity contribution in [2.75, 3.05) is 11.9 Å². The van der Waals surface area contributed by atoms with Crippen molar-refractivity contribution >= 4 is 11.6 Å². The van der Waals surface area contributed by atoms with Gasteiger partial charge in [0.2, 0.25) is 5.91 Å². The molecule has 0 saturated carbocycles. The molecule has 94 valence electrons. The molecule has 1 atom stereocenters. The first kappa shape index (κ1) is 13.6. The molecule has 1 unspecified atom stereocenters. The van der Waals surface area contributed by atoms with E-state index in [0.717, 1.165) is 12.8 Å². The number of amides is 1. The zero-order valence-corrected chi connectivity index (χ0v) is 10.3. The van der Waals surface area contributed by atoms with Crippen molar-refractivity contribution in [2.45, 2.75) is 32.2 Å². The molecule has 17 heavy (non-hydrogen) atoms. The molecule has 0 bridgehead atoms. The Balaban J connectivity index is 2.60. The van der Waals surface area contributed by atoms with Crippen LogP contribution in [0, 0.1) is 5.82 Å². The molecular weight excluding hydrogens is 219 g/mol. The fourth-order valence-electron chi connectivity index (χ4n) is 1.64. The molecule has 4 heteroatoms. The normalized spacial score (nSPS) is 12.2. The van der Waals surface area contributed by atoms with E-state index in [4.69, 9.17) is 5.73 Å². The Morgan fingerprint density at radius 3 is 2.53 bits per heavy atom. The number of rotatable bonds is 5. The Bertz CT molecular complexity index is 364. The summed E-state index contributed by atoms with van der Waals surface area (Å²) < 4.78 is 12.7. The van der Waals surface area contributed by atoms with Crippen LogP contribution in [-0.4, -0.2) is 19.0 Å². The molecule has 0 aromatic heterocycles. The van der Waals surface area contributed by atoms with Crippen molar-refractivity contribution in [3.8, 4) is 0 Å². The minimum Gasteiger partial charge on any atom is -0.327 e. The zero-order chi connectivity index (χ0) is 12.8. The van der Waals surface area contributed by atoms with Crippen LogP contribution < -0.4 is 10.6 Å². The molecule has 1 aromatic carbocycles. The number of nitrogens with zero attached hydrogens (tertiary/aromatic N) is 1. The van der Waals surface area contributed by atoms with E-state index in [9.17, 15) is 9.18 Å². The Labute approximate surface area is 101 Å². The molecule has 0 fully saturated rings. The summed E-state index contributed by atoms with van der Waals surface area (Å²) in [5, 5.41) is 0. The first-order chi connectivity index (χ1) is 8.04. The summed E-state index contributed by atoms with van der Waals surface area (Å²) in [6.07, 6.45) is 2.12. The lowest BCUT2D eigenvalue weighted by Gasteiger charge is -2.19. The van der Waals surface area contributed by atoms with Gasteiger partial charge in [0, 0.05) is 25.2 Å². The third kappa shape index (κ3) is 4.15. The minimum absolute atomic E-state index is 0.0439. The van der Waals surface area contributed by atoms with Gasteiger partial charge in [-0.3, -0.25) is 4.79 Å². The quantitative estimate of drug-likeness (QED) is 0.855. The Hall–Kier alpha value is -1.42. The molecule has 0 aliphatic rings. The van der Waals surface area contributed by atoms with Crippen LogP contribution in [0.3, 0.4) is 0 Å². The first-order valence-corrected chi connectivity index (χ1v) is 5.82. The Morgan fingerprint density at radius 1 is 1.41 bits per heavy atom. The number of hydrogen-bond donors (Lipinski definition) is 1. The lowest BCUT2D eigenvalue weighted by molar-refractivity contribution is -0.118. The minimum atomic E-state index is -0.308. The summed E-state index contributed by atoms with van der Waals surface area (Å²) in [6, 6.07) is 5.74. The maximum atomic E-state index is 12.7. The molecule has 0 aliphatic heterocycles. The molecule has 2 N–H and O–H groups in total. The molecule has 0 saturated heterocycles. The maximum Gasteiger partial charge on any atom is 0.228 e. The van der Waals surface area contributed by atoms with Gasteiger partial charge in [0.25, 0.3) is 0 Å². The lowest BCUT2D eigenvalue weighted by atomic mass is 10.1. The highest BCUT2D eigenvalue weighted by Crippen LogP contribution is 2.14. The summed E-state index contributed by atoms with van der Waals surface area (Å²) in [7, 11) is 1.67. The van der Waals surface area contributed by atoms with Crippen molar-refractivity contribution in [3.05, 3.63) is 30.1 Å².